The fourth-order valence-electron chi connectivity index (χ4n) is 0.226. The lowest BCUT2D eigenvalue weighted by Crippen LogP contribution is -2.07. The van der Waals surface area contributed by atoms with Gasteiger partial charge in [0.25, 0.3) is 0 Å². The summed E-state index contributed by atoms with van der Waals surface area (Å²) in [6, 6.07) is 0. The fourth-order valence-corrected chi connectivity index (χ4v) is 0.226. The van der Waals surface area contributed by atoms with Crippen molar-refractivity contribution in [3.8, 4) is 0 Å². The smallest absolute Gasteiger partial charge is 0.0701 e. The van der Waals surface area contributed by atoms with E-state index in [9.17, 15) is 0 Å². The van der Waals surface area contributed by atoms with Gasteiger partial charge in [-0.2, -0.15) is 0 Å². The van der Waals surface area contributed by atoms with Gasteiger partial charge < -0.3 is 9.68 Å². The van der Waals surface area contributed by atoms with Crippen LogP contribution in [0.2, 0.25) is 0 Å². The van der Waals surface area contributed by atoms with E-state index in [2.05, 4.69) is 21.5 Å². The molecule has 4 heteroatoms. The van der Waals surface area contributed by atoms with Crippen molar-refractivity contribution in [3.63, 3.8) is 0 Å². The van der Waals surface area contributed by atoms with Crippen molar-refractivity contribution >= 4 is 0 Å². The maximum absolute atomic E-state index is 4.67. The molecule has 0 rings (SSSR count). The van der Waals surface area contributed by atoms with Crippen LogP contribution in [-0.4, -0.2) is 13.2 Å². The van der Waals surface area contributed by atoms with Gasteiger partial charge in [0.05, 0.1) is 13.2 Å². The van der Waals surface area contributed by atoms with Crippen LogP contribution in [0.25, 0.3) is 0 Å². The molecule has 0 saturated carbocycles. The minimum Gasteiger partial charge on any atom is -0.305 e. The third-order valence-corrected chi connectivity index (χ3v) is 0.524. The molecule has 0 fully saturated rings. The van der Waals surface area contributed by atoms with Crippen molar-refractivity contribution in [2.45, 2.75) is 6.42 Å². The predicted molar refractivity (Wildman–Crippen MR) is 24.9 cm³/mol. The first kappa shape index (κ1) is 6.84. The first-order valence-electron chi connectivity index (χ1n) is 2.05. The molecule has 0 unspecified atom stereocenters. The van der Waals surface area contributed by atoms with Crippen LogP contribution in [0.4, 0.5) is 0 Å². The number of hydrogen-bond acceptors (Lipinski definition) is 4. The van der Waals surface area contributed by atoms with Gasteiger partial charge >= 0.3 is 0 Å². The van der Waals surface area contributed by atoms with Crippen LogP contribution in [0.1, 0.15) is 6.42 Å². The van der Waals surface area contributed by atoms with E-state index in [4.69, 9.17) is 0 Å². The highest BCUT2D eigenvalue weighted by Gasteiger charge is 1.80. The van der Waals surface area contributed by atoms with Crippen molar-refractivity contribution in [2.75, 3.05) is 13.2 Å². The summed E-state index contributed by atoms with van der Waals surface area (Å²) in [5, 5.41) is 0. The Morgan fingerprint density at radius 2 is 1.43 bits per heavy atom. The van der Waals surface area contributed by atoms with E-state index in [-0.39, 0.29) is 0 Å². The first-order valence-corrected chi connectivity index (χ1v) is 2.05. The van der Waals surface area contributed by atoms with Crippen molar-refractivity contribution in [1.82, 2.24) is 0 Å². The Morgan fingerprint density at radius 1 is 1.00 bits per heavy atom. The standard InChI is InChI=1S/C3H10N2O2/c4-6-2-1-3-7-5/h1-5H2. The van der Waals surface area contributed by atoms with E-state index in [1.165, 1.54) is 0 Å². The monoisotopic (exact) mass is 106 g/mol. The number of hydrogen-bond donors (Lipinski definition) is 2. The van der Waals surface area contributed by atoms with Crippen LogP contribution < -0.4 is 11.8 Å². The molecule has 0 atom stereocenters. The van der Waals surface area contributed by atoms with Gasteiger partial charge in [0.2, 0.25) is 0 Å². The van der Waals surface area contributed by atoms with Crippen LogP contribution in [0.3, 0.4) is 0 Å². The van der Waals surface area contributed by atoms with Crippen LogP contribution in [-0.2, 0) is 9.68 Å². The highest BCUT2D eigenvalue weighted by molar-refractivity contribution is 4.27. The van der Waals surface area contributed by atoms with Crippen molar-refractivity contribution in [1.29, 1.82) is 0 Å². The SMILES string of the molecule is NOCCCON. The Balaban J connectivity index is 2.45. The van der Waals surface area contributed by atoms with Crippen LogP contribution >= 0.6 is 0 Å². The van der Waals surface area contributed by atoms with E-state index < -0.39 is 0 Å². The van der Waals surface area contributed by atoms with Crippen molar-refractivity contribution in [3.05, 3.63) is 0 Å². The summed E-state index contributed by atoms with van der Waals surface area (Å²) in [4.78, 5) is 8.42. The van der Waals surface area contributed by atoms with Gasteiger partial charge in [0, 0.05) is 0 Å². The van der Waals surface area contributed by atoms with Crippen LogP contribution in [0.15, 0.2) is 0 Å². The fraction of sp³-hybridized carbons (Fsp3) is 1.00. The molecule has 0 amide bonds. The minimum absolute atomic E-state index is 0.497. The summed E-state index contributed by atoms with van der Waals surface area (Å²) >= 11 is 0. The molecular formula is C3H10N2O2. The molecule has 0 spiro atoms. The molecule has 0 aromatic heterocycles. The molecule has 0 aromatic carbocycles. The average Bonchev–Trinajstić information content (AvgIpc) is 1.69. The molecule has 0 aromatic rings. The molecule has 44 valence electrons. The summed E-state index contributed by atoms with van der Waals surface area (Å²) in [7, 11) is 0. The zero-order valence-corrected chi connectivity index (χ0v) is 4.09. The topological polar surface area (TPSA) is 70.5 Å². The maximum atomic E-state index is 4.67. The van der Waals surface area contributed by atoms with E-state index in [0.717, 1.165) is 6.42 Å². The van der Waals surface area contributed by atoms with E-state index >= 15 is 0 Å². The number of nitrogens with two attached hydrogens (primary N) is 2. The molecule has 4 N–H and O–H groups in total. The Kier molecular flexibility index (Phi) is 5.71. The second-order valence-corrected chi connectivity index (χ2v) is 1.10. The van der Waals surface area contributed by atoms with Crippen LogP contribution in [0.5, 0.6) is 0 Å². The lowest BCUT2D eigenvalue weighted by Gasteiger charge is -1.93. The summed E-state index contributed by atoms with van der Waals surface area (Å²) in [5.74, 6) is 9.35. The lowest BCUT2D eigenvalue weighted by molar-refractivity contribution is 0.0840. The average molecular weight is 106 g/mol. The van der Waals surface area contributed by atoms with Crippen molar-refractivity contribution in [2.24, 2.45) is 11.8 Å². The molecule has 0 radical (unpaired) electrons. The van der Waals surface area contributed by atoms with Gasteiger partial charge in [-0.25, -0.2) is 11.8 Å². The third-order valence-electron chi connectivity index (χ3n) is 0.524. The second-order valence-electron chi connectivity index (χ2n) is 1.10. The van der Waals surface area contributed by atoms with E-state index in [0.29, 0.717) is 13.2 Å². The molecule has 0 aliphatic rings. The molecule has 0 bridgehead atoms. The van der Waals surface area contributed by atoms with Gasteiger partial charge in [0.1, 0.15) is 0 Å². The van der Waals surface area contributed by atoms with Gasteiger partial charge in [-0.1, -0.05) is 0 Å². The Bertz CT molecular complexity index is 30.1. The minimum atomic E-state index is 0.497. The molecule has 0 saturated heterocycles. The highest BCUT2D eigenvalue weighted by Crippen LogP contribution is 1.74. The zero-order chi connectivity index (χ0) is 5.54. The van der Waals surface area contributed by atoms with E-state index in [1.807, 2.05) is 0 Å². The Hall–Kier alpha value is -0.160. The van der Waals surface area contributed by atoms with Crippen molar-refractivity contribution < 1.29 is 9.68 Å². The molecule has 0 heterocycles. The number of rotatable bonds is 4. The quantitative estimate of drug-likeness (QED) is 0.362. The molecular weight excluding hydrogens is 96.0 g/mol. The Labute approximate surface area is 42.3 Å². The molecule has 7 heavy (non-hydrogen) atoms. The maximum Gasteiger partial charge on any atom is 0.0701 e. The summed E-state index contributed by atoms with van der Waals surface area (Å²) < 4.78 is 0. The van der Waals surface area contributed by atoms with Gasteiger partial charge in [-0.15, -0.1) is 0 Å². The van der Waals surface area contributed by atoms with E-state index in [1.54, 1.807) is 0 Å². The van der Waals surface area contributed by atoms with Crippen LogP contribution in [0, 0.1) is 0 Å². The molecule has 0 aliphatic carbocycles. The van der Waals surface area contributed by atoms with Gasteiger partial charge in [-0.3, -0.25) is 0 Å². The summed E-state index contributed by atoms with van der Waals surface area (Å²) in [5.41, 5.74) is 0. The second kappa shape index (κ2) is 5.84. The summed E-state index contributed by atoms with van der Waals surface area (Å²) in [6.45, 7) is 0.994. The molecule has 0 aliphatic heterocycles. The third kappa shape index (κ3) is 5.84. The zero-order valence-electron chi connectivity index (χ0n) is 4.09. The Morgan fingerprint density at radius 3 is 1.71 bits per heavy atom. The lowest BCUT2D eigenvalue weighted by atomic mass is 10.5. The van der Waals surface area contributed by atoms with Gasteiger partial charge in [-0.05, 0) is 6.42 Å². The van der Waals surface area contributed by atoms with Gasteiger partial charge in [0.15, 0.2) is 0 Å². The largest absolute Gasteiger partial charge is 0.305 e. The molecule has 4 nitrogen and oxygen atoms in total. The summed E-state index contributed by atoms with van der Waals surface area (Å²) in [6.07, 6.45) is 0.743. The normalized spacial score (nSPS) is 9.43. The predicted octanol–water partition coefficient (Wildman–Crippen LogP) is -0.843. The first-order chi connectivity index (χ1) is 3.41. The highest BCUT2D eigenvalue weighted by atomic mass is 16.6.